The summed E-state index contributed by atoms with van der Waals surface area (Å²) in [5.74, 6) is -0.803. The Hall–Kier alpha value is -1.70. The fourth-order valence-electron chi connectivity index (χ4n) is 0.951. The van der Waals surface area contributed by atoms with Gasteiger partial charge in [0.25, 0.3) is 5.91 Å². The number of carbonyl (C=O) groups excluding carboxylic acids is 1. The van der Waals surface area contributed by atoms with Gasteiger partial charge in [0.2, 0.25) is 0 Å². The normalized spacial score (nSPS) is 10.7. The highest BCUT2D eigenvalue weighted by molar-refractivity contribution is 6.35. The van der Waals surface area contributed by atoms with Crippen LogP contribution in [0.15, 0.2) is 30.0 Å². The third-order valence-electron chi connectivity index (χ3n) is 1.63. The molecule has 0 saturated carbocycles. The number of primary amides is 1. The van der Waals surface area contributed by atoms with Gasteiger partial charge < -0.3 is 11.1 Å². The number of nitrogens with one attached hydrogen (secondary N) is 1. The molecule has 0 unspecified atom stereocenters. The number of hydrogen-bond donors (Lipinski definition) is 2. The first kappa shape index (κ1) is 12.4. The molecule has 0 aromatic heterocycles. The molecule has 0 fully saturated rings. The lowest BCUT2D eigenvalue weighted by atomic mass is 10.3. The highest BCUT2D eigenvalue weighted by Crippen LogP contribution is 2.22. The number of hydrogen-bond acceptors (Lipinski definition) is 3. The highest BCUT2D eigenvalue weighted by Gasteiger charge is 2.02. The first-order valence-corrected chi connectivity index (χ1v) is 4.91. The van der Waals surface area contributed by atoms with Crippen LogP contribution in [0, 0.1) is 11.3 Å². The van der Waals surface area contributed by atoms with Gasteiger partial charge in [0.1, 0.15) is 11.6 Å². The first-order valence-electron chi connectivity index (χ1n) is 4.15. The van der Waals surface area contributed by atoms with E-state index in [1.54, 1.807) is 24.3 Å². The molecule has 0 bridgehead atoms. The summed E-state index contributed by atoms with van der Waals surface area (Å²) in [5, 5.41) is 12.2. The van der Waals surface area contributed by atoms with E-state index in [9.17, 15) is 4.79 Å². The van der Waals surface area contributed by atoms with E-state index in [1.165, 1.54) is 6.20 Å². The maximum absolute atomic E-state index is 10.7. The Kier molecular flexibility index (Phi) is 4.18. The molecule has 1 aromatic carbocycles. The van der Waals surface area contributed by atoms with Crippen molar-refractivity contribution >= 4 is 34.8 Å². The summed E-state index contributed by atoms with van der Waals surface area (Å²) < 4.78 is 0. The summed E-state index contributed by atoms with van der Waals surface area (Å²) in [6.07, 6.45) is 1.20. The minimum absolute atomic E-state index is 0.184. The maximum Gasteiger partial charge on any atom is 0.260 e. The molecule has 0 aliphatic carbocycles. The summed E-state index contributed by atoms with van der Waals surface area (Å²) in [6.45, 7) is 0. The van der Waals surface area contributed by atoms with E-state index in [4.69, 9.17) is 34.2 Å². The lowest BCUT2D eigenvalue weighted by Crippen LogP contribution is -2.13. The number of benzene rings is 1. The molecule has 1 amide bonds. The van der Waals surface area contributed by atoms with Crippen molar-refractivity contribution in [1.82, 2.24) is 0 Å². The minimum Gasteiger partial charge on any atom is -0.365 e. The van der Waals surface area contributed by atoms with Crippen LogP contribution in [0.25, 0.3) is 0 Å². The van der Waals surface area contributed by atoms with Crippen LogP contribution in [0.2, 0.25) is 10.0 Å². The van der Waals surface area contributed by atoms with Gasteiger partial charge in [0.15, 0.2) is 0 Å². The topological polar surface area (TPSA) is 78.9 Å². The van der Waals surface area contributed by atoms with Crippen LogP contribution < -0.4 is 11.1 Å². The summed E-state index contributed by atoms with van der Waals surface area (Å²) in [7, 11) is 0. The molecule has 3 N–H and O–H groups in total. The van der Waals surface area contributed by atoms with Crippen molar-refractivity contribution in [2.45, 2.75) is 0 Å². The molecule has 0 spiro atoms. The summed E-state index contributed by atoms with van der Waals surface area (Å²) >= 11 is 11.5. The van der Waals surface area contributed by atoms with E-state index in [1.807, 2.05) is 0 Å². The van der Waals surface area contributed by atoms with Crippen molar-refractivity contribution in [3.8, 4) is 6.07 Å². The van der Waals surface area contributed by atoms with E-state index in [2.05, 4.69) is 5.32 Å². The van der Waals surface area contributed by atoms with Crippen molar-refractivity contribution in [3.63, 3.8) is 0 Å². The smallest absolute Gasteiger partial charge is 0.260 e. The summed E-state index contributed by atoms with van der Waals surface area (Å²) in [5.41, 5.74) is 5.33. The zero-order chi connectivity index (χ0) is 12.1. The average Bonchev–Trinajstić information content (AvgIpc) is 2.16. The van der Waals surface area contributed by atoms with Crippen LogP contribution in [-0.4, -0.2) is 5.91 Å². The molecule has 0 saturated heterocycles. The third-order valence-corrected chi connectivity index (χ3v) is 2.07. The third kappa shape index (κ3) is 3.46. The van der Waals surface area contributed by atoms with E-state index in [-0.39, 0.29) is 5.57 Å². The summed E-state index contributed by atoms with van der Waals surface area (Å²) in [6, 6.07) is 6.42. The van der Waals surface area contributed by atoms with Crippen LogP contribution in [0.5, 0.6) is 0 Å². The van der Waals surface area contributed by atoms with E-state index >= 15 is 0 Å². The standard InChI is InChI=1S/C10H7Cl2N3O/c11-7-1-8(12)3-9(2-7)15-5-6(4-13)10(14)16/h1-3,5,15H,(H2,14,16). The van der Waals surface area contributed by atoms with Gasteiger partial charge in [-0.15, -0.1) is 0 Å². The van der Waals surface area contributed by atoms with Crippen molar-refractivity contribution in [1.29, 1.82) is 5.26 Å². The number of nitrogens with zero attached hydrogens (tertiary/aromatic N) is 1. The van der Waals surface area contributed by atoms with Gasteiger partial charge in [-0.2, -0.15) is 5.26 Å². The second-order valence-corrected chi connectivity index (χ2v) is 3.71. The van der Waals surface area contributed by atoms with Crippen molar-refractivity contribution in [2.24, 2.45) is 5.73 Å². The van der Waals surface area contributed by atoms with Crippen LogP contribution in [0.3, 0.4) is 0 Å². The van der Waals surface area contributed by atoms with Crippen molar-refractivity contribution in [2.75, 3.05) is 5.32 Å². The molecule has 0 aliphatic heterocycles. The Morgan fingerprint density at radius 2 is 1.94 bits per heavy atom. The van der Waals surface area contributed by atoms with Crippen LogP contribution in [-0.2, 0) is 4.79 Å². The van der Waals surface area contributed by atoms with Gasteiger partial charge in [-0.05, 0) is 18.2 Å². The highest BCUT2D eigenvalue weighted by atomic mass is 35.5. The quantitative estimate of drug-likeness (QED) is 0.643. The van der Waals surface area contributed by atoms with E-state index in [0.29, 0.717) is 15.7 Å². The lowest BCUT2D eigenvalue weighted by molar-refractivity contribution is -0.114. The van der Waals surface area contributed by atoms with Gasteiger partial charge in [0, 0.05) is 21.9 Å². The van der Waals surface area contributed by atoms with Gasteiger partial charge in [-0.1, -0.05) is 23.2 Å². The molecule has 0 atom stereocenters. The molecule has 0 aliphatic rings. The fourth-order valence-corrected chi connectivity index (χ4v) is 1.48. The molecule has 0 heterocycles. The van der Waals surface area contributed by atoms with Crippen molar-refractivity contribution in [3.05, 3.63) is 40.0 Å². The number of anilines is 1. The Morgan fingerprint density at radius 3 is 2.38 bits per heavy atom. The van der Waals surface area contributed by atoms with Crippen LogP contribution >= 0.6 is 23.2 Å². The Morgan fingerprint density at radius 1 is 1.38 bits per heavy atom. The monoisotopic (exact) mass is 255 g/mol. The fraction of sp³-hybridized carbons (Fsp3) is 0. The molecular formula is C10H7Cl2N3O. The van der Waals surface area contributed by atoms with Crippen LogP contribution in [0.4, 0.5) is 5.69 Å². The number of rotatable bonds is 3. The number of nitriles is 1. The molecule has 82 valence electrons. The zero-order valence-corrected chi connectivity index (χ0v) is 9.51. The Balaban J connectivity index is 2.90. The minimum atomic E-state index is -0.803. The number of nitrogens with two attached hydrogens (primary N) is 1. The predicted molar refractivity (Wildman–Crippen MR) is 63.0 cm³/mol. The second-order valence-electron chi connectivity index (χ2n) is 2.84. The Bertz CT molecular complexity index is 471. The van der Waals surface area contributed by atoms with Crippen LogP contribution in [0.1, 0.15) is 0 Å². The molecule has 1 aromatic rings. The molecule has 16 heavy (non-hydrogen) atoms. The van der Waals surface area contributed by atoms with Gasteiger partial charge in [-0.3, -0.25) is 4.79 Å². The average molecular weight is 256 g/mol. The first-order chi connectivity index (χ1) is 7.52. The maximum atomic E-state index is 10.7. The SMILES string of the molecule is N#CC(=CNc1cc(Cl)cc(Cl)c1)C(N)=O. The Labute approximate surface area is 102 Å². The van der Waals surface area contributed by atoms with Gasteiger partial charge in [0.05, 0.1) is 0 Å². The van der Waals surface area contributed by atoms with Crippen molar-refractivity contribution < 1.29 is 4.79 Å². The summed E-state index contributed by atoms with van der Waals surface area (Å²) in [4.78, 5) is 10.7. The molecule has 0 radical (unpaired) electrons. The van der Waals surface area contributed by atoms with Gasteiger partial charge >= 0.3 is 0 Å². The second kappa shape index (κ2) is 5.40. The molecule has 6 heteroatoms. The number of amides is 1. The molecular weight excluding hydrogens is 249 g/mol. The molecule has 1 rings (SSSR count). The molecule has 4 nitrogen and oxygen atoms in total. The van der Waals surface area contributed by atoms with Gasteiger partial charge in [-0.25, -0.2) is 0 Å². The zero-order valence-electron chi connectivity index (χ0n) is 8.00. The van der Waals surface area contributed by atoms with E-state index in [0.717, 1.165) is 0 Å². The van der Waals surface area contributed by atoms with E-state index < -0.39 is 5.91 Å². The largest absolute Gasteiger partial charge is 0.365 e. The lowest BCUT2D eigenvalue weighted by Gasteiger charge is -2.02. The predicted octanol–water partition coefficient (Wildman–Crippen LogP) is 2.30. The number of carbonyl (C=O) groups is 1. The number of halogens is 2.